The molecular formula is C16H31ClN2O2. The van der Waals surface area contributed by atoms with Crippen molar-refractivity contribution in [2.75, 3.05) is 26.3 Å². The maximum atomic E-state index is 12.6. The quantitative estimate of drug-likeness (QED) is 0.869. The van der Waals surface area contributed by atoms with Gasteiger partial charge in [-0.25, -0.2) is 0 Å². The van der Waals surface area contributed by atoms with Crippen LogP contribution in [0.2, 0.25) is 0 Å². The molecule has 0 bridgehead atoms. The molecule has 2 aliphatic rings. The van der Waals surface area contributed by atoms with E-state index < -0.39 is 0 Å². The molecule has 2 atom stereocenters. The molecule has 2 heterocycles. The molecule has 2 fully saturated rings. The molecule has 2 aliphatic heterocycles. The van der Waals surface area contributed by atoms with Crippen LogP contribution < -0.4 is 5.73 Å². The van der Waals surface area contributed by atoms with E-state index in [4.69, 9.17) is 10.5 Å². The Hall–Kier alpha value is -0.320. The first-order valence-electron chi connectivity index (χ1n) is 8.21. The largest absolute Gasteiger partial charge is 0.381 e. The molecule has 2 N–H and O–H groups in total. The van der Waals surface area contributed by atoms with Crippen LogP contribution in [0, 0.1) is 17.8 Å². The van der Waals surface area contributed by atoms with Crippen molar-refractivity contribution in [3.05, 3.63) is 0 Å². The van der Waals surface area contributed by atoms with E-state index in [-0.39, 0.29) is 24.4 Å². The van der Waals surface area contributed by atoms with Crippen LogP contribution >= 0.6 is 12.4 Å². The molecule has 0 saturated carbocycles. The van der Waals surface area contributed by atoms with Gasteiger partial charge in [0, 0.05) is 26.3 Å². The van der Waals surface area contributed by atoms with Gasteiger partial charge in [-0.2, -0.15) is 0 Å². The van der Waals surface area contributed by atoms with Crippen molar-refractivity contribution in [2.45, 2.75) is 52.0 Å². The number of likely N-dealkylation sites (tertiary alicyclic amines) is 1. The zero-order valence-corrected chi connectivity index (χ0v) is 14.2. The molecule has 0 aromatic rings. The Balaban J connectivity index is 0.00000220. The summed E-state index contributed by atoms with van der Waals surface area (Å²) in [6, 6.07) is -0.325. The molecule has 0 aliphatic carbocycles. The highest BCUT2D eigenvalue weighted by atomic mass is 35.5. The molecular weight excluding hydrogens is 288 g/mol. The number of carbonyl (C=O) groups excluding carboxylic acids is 1. The standard InChI is InChI=1S/C16H30N2O2.ClH/c1-12(2)13-4-3-8-18(9-5-13)16(19)15(17)14-6-10-20-11-7-14;/h12-15H,3-11,17H2,1-2H3;1H. The maximum Gasteiger partial charge on any atom is 0.239 e. The number of halogens is 1. The fraction of sp³-hybridized carbons (Fsp3) is 0.938. The molecule has 4 nitrogen and oxygen atoms in total. The van der Waals surface area contributed by atoms with Gasteiger partial charge >= 0.3 is 0 Å². The van der Waals surface area contributed by atoms with Crippen molar-refractivity contribution >= 4 is 18.3 Å². The second kappa shape index (κ2) is 8.96. The van der Waals surface area contributed by atoms with Crippen LogP contribution in [-0.4, -0.2) is 43.2 Å². The molecule has 2 rings (SSSR count). The second-order valence-corrected chi connectivity index (χ2v) is 6.74. The smallest absolute Gasteiger partial charge is 0.239 e. The Morgan fingerprint density at radius 2 is 1.76 bits per heavy atom. The van der Waals surface area contributed by atoms with Crippen molar-refractivity contribution in [3.8, 4) is 0 Å². The van der Waals surface area contributed by atoms with E-state index in [0.29, 0.717) is 11.8 Å². The van der Waals surface area contributed by atoms with Crippen LogP contribution in [0.15, 0.2) is 0 Å². The monoisotopic (exact) mass is 318 g/mol. The Morgan fingerprint density at radius 1 is 1.10 bits per heavy atom. The average Bonchev–Trinajstić information content (AvgIpc) is 2.72. The molecule has 5 heteroatoms. The minimum absolute atomic E-state index is 0. The highest BCUT2D eigenvalue weighted by Crippen LogP contribution is 2.26. The van der Waals surface area contributed by atoms with Gasteiger partial charge < -0.3 is 15.4 Å². The lowest BCUT2D eigenvalue weighted by molar-refractivity contribution is -0.134. The first-order chi connectivity index (χ1) is 9.59. The summed E-state index contributed by atoms with van der Waals surface area (Å²) in [6.07, 6.45) is 5.34. The van der Waals surface area contributed by atoms with Gasteiger partial charge in [-0.1, -0.05) is 13.8 Å². The van der Waals surface area contributed by atoms with Gasteiger partial charge in [-0.3, -0.25) is 4.79 Å². The van der Waals surface area contributed by atoms with Crippen LogP contribution in [-0.2, 0) is 9.53 Å². The van der Waals surface area contributed by atoms with E-state index in [0.717, 1.165) is 57.9 Å². The van der Waals surface area contributed by atoms with Crippen molar-refractivity contribution in [1.29, 1.82) is 0 Å². The lowest BCUT2D eigenvalue weighted by Crippen LogP contribution is -2.49. The van der Waals surface area contributed by atoms with E-state index in [1.165, 1.54) is 6.42 Å². The summed E-state index contributed by atoms with van der Waals surface area (Å²) in [5.41, 5.74) is 6.22. The summed E-state index contributed by atoms with van der Waals surface area (Å²) in [5.74, 6) is 1.95. The minimum atomic E-state index is -0.325. The number of ether oxygens (including phenoxy) is 1. The number of carbonyl (C=O) groups is 1. The highest BCUT2D eigenvalue weighted by Gasteiger charge is 2.31. The SMILES string of the molecule is CC(C)C1CCCN(C(=O)C(N)C2CCOCC2)CC1.Cl. The first-order valence-corrected chi connectivity index (χ1v) is 8.21. The number of nitrogens with two attached hydrogens (primary N) is 1. The van der Waals surface area contributed by atoms with Crippen LogP contribution in [0.25, 0.3) is 0 Å². The van der Waals surface area contributed by atoms with Crippen LogP contribution in [0.4, 0.5) is 0 Å². The number of hydrogen-bond donors (Lipinski definition) is 1. The number of rotatable bonds is 3. The number of nitrogens with zero attached hydrogens (tertiary/aromatic N) is 1. The average molecular weight is 319 g/mol. The molecule has 2 unspecified atom stereocenters. The van der Waals surface area contributed by atoms with E-state index in [1.54, 1.807) is 0 Å². The molecule has 0 spiro atoms. The maximum absolute atomic E-state index is 12.6. The van der Waals surface area contributed by atoms with Gasteiger partial charge in [0.15, 0.2) is 0 Å². The summed E-state index contributed by atoms with van der Waals surface area (Å²) >= 11 is 0. The Kier molecular flexibility index (Phi) is 7.99. The molecule has 0 radical (unpaired) electrons. The van der Waals surface area contributed by atoms with Gasteiger partial charge in [-0.05, 0) is 49.9 Å². The summed E-state index contributed by atoms with van der Waals surface area (Å²) in [7, 11) is 0. The van der Waals surface area contributed by atoms with Gasteiger partial charge in [0.05, 0.1) is 6.04 Å². The molecule has 2 saturated heterocycles. The summed E-state index contributed by atoms with van der Waals surface area (Å²) < 4.78 is 5.36. The van der Waals surface area contributed by atoms with Gasteiger partial charge in [0.2, 0.25) is 5.91 Å². The molecule has 21 heavy (non-hydrogen) atoms. The Morgan fingerprint density at radius 3 is 2.38 bits per heavy atom. The van der Waals surface area contributed by atoms with E-state index in [9.17, 15) is 4.79 Å². The highest BCUT2D eigenvalue weighted by molar-refractivity contribution is 5.85. The third-order valence-corrected chi connectivity index (χ3v) is 5.09. The number of amides is 1. The van der Waals surface area contributed by atoms with Crippen molar-refractivity contribution in [2.24, 2.45) is 23.5 Å². The Labute approximate surface area is 135 Å². The molecule has 1 amide bonds. The van der Waals surface area contributed by atoms with Crippen LogP contribution in [0.3, 0.4) is 0 Å². The second-order valence-electron chi connectivity index (χ2n) is 6.74. The third-order valence-electron chi connectivity index (χ3n) is 5.09. The van der Waals surface area contributed by atoms with E-state index in [1.807, 2.05) is 4.90 Å². The zero-order chi connectivity index (χ0) is 14.5. The topological polar surface area (TPSA) is 55.6 Å². The Bertz CT molecular complexity index is 319. The normalized spacial score (nSPS) is 26.1. The zero-order valence-electron chi connectivity index (χ0n) is 13.4. The van der Waals surface area contributed by atoms with Crippen LogP contribution in [0.5, 0.6) is 0 Å². The fourth-order valence-corrected chi connectivity index (χ4v) is 3.50. The third kappa shape index (κ3) is 5.11. The predicted molar refractivity (Wildman–Crippen MR) is 87.5 cm³/mol. The molecule has 0 aromatic carbocycles. The van der Waals surface area contributed by atoms with E-state index >= 15 is 0 Å². The van der Waals surface area contributed by atoms with Crippen molar-refractivity contribution in [1.82, 2.24) is 4.90 Å². The van der Waals surface area contributed by atoms with Crippen molar-refractivity contribution in [3.63, 3.8) is 0 Å². The number of hydrogen-bond acceptors (Lipinski definition) is 3. The molecule has 0 aromatic heterocycles. The molecule has 124 valence electrons. The van der Waals surface area contributed by atoms with Crippen LogP contribution in [0.1, 0.15) is 46.0 Å². The summed E-state index contributed by atoms with van der Waals surface area (Å²) in [4.78, 5) is 14.6. The van der Waals surface area contributed by atoms with E-state index in [2.05, 4.69) is 13.8 Å². The summed E-state index contributed by atoms with van der Waals surface area (Å²) in [5, 5.41) is 0. The van der Waals surface area contributed by atoms with Gasteiger partial charge in [-0.15, -0.1) is 12.4 Å². The van der Waals surface area contributed by atoms with Gasteiger partial charge in [0.1, 0.15) is 0 Å². The summed E-state index contributed by atoms with van der Waals surface area (Å²) in [6.45, 7) is 7.85. The lowest BCUT2D eigenvalue weighted by Gasteiger charge is -2.31. The first kappa shape index (κ1) is 18.7. The predicted octanol–water partition coefficient (Wildman–Crippen LogP) is 2.45. The van der Waals surface area contributed by atoms with Gasteiger partial charge in [0.25, 0.3) is 0 Å². The minimum Gasteiger partial charge on any atom is -0.381 e. The fourth-order valence-electron chi connectivity index (χ4n) is 3.50. The lowest BCUT2D eigenvalue weighted by atomic mass is 9.89. The van der Waals surface area contributed by atoms with Crippen molar-refractivity contribution < 1.29 is 9.53 Å².